The largest absolute Gasteiger partial charge is 0.493 e. The van der Waals surface area contributed by atoms with Crippen molar-refractivity contribution >= 4 is 51.1 Å². The number of thiazole rings is 1. The summed E-state index contributed by atoms with van der Waals surface area (Å²) in [6.07, 6.45) is 3.93. The van der Waals surface area contributed by atoms with Crippen molar-refractivity contribution in [2.24, 2.45) is 0 Å². The number of para-hydroxylation sites is 1. The Kier molecular flexibility index (Phi) is 10.5. The number of carbonyl (C=O) groups excluding carboxylic acids is 1. The number of morpholine rings is 1. The van der Waals surface area contributed by atoms with Gasteiger partial charge >= 0.3 is 0 Å². The average molecular weight is 552 g/mol. The fourth-order valence-electron chi connectivity index (χ4n) is 4.05. The van der Waals surface area contributed by atoms with Crippen LogP contribution < -0.4 is 19.1 Å². The van der Waals surface area contributed by atoms with E-state index >= 15 is 0 Å². The maximum absolute atomic E-state index is 14.3. The zero-order valence-corrected chi connectivity index (χ0v) is 22.7. The van der Waals surface area contributed by atoms with Crippen molar-refractivity contribution < 1.29 is 28.1 Å². The van der Waals surface area contributed by atoms with Gasteiger partial charge in [0.2, 0.25) is 5.75 Å². The molecule has 2 aromatic carbocycles. The van der Waals surface area contributed by atoms with E-state index in [0.29, 0.717) is 39.2 Å². The molecule has 3 aromatic rings. The molecule has 200 valence electrons. The highest BCUT2D eigenvalue weighted by Gasteiger charge is 2.20. The van der Waals surface area contributed by atoms with E-state index in [2.05, 4.69) is 9.88 Å². The number of nitrogens with zero attached hydrogens (tertiary/aromatic N) is 3. The maximum Gasteiger partial charge on any atom is 0.252 e. The minimum Gasteiger partial charge on any atom is -0.493 e. The number of aromatic nitrogens is 1. The molecule has 1 aliphatic heterocycles. The van der Waals surface area contributed by atoms with Crippen LogP contribution in [0.25, 0.3) is 16.3 Å². The van der Waals surface area contributed by atoms with Crippen molar-refractivity contribution in [3.05, 3.63) is 47.8 Å². The van der Waals surface area contributed by atoms with Gasteiger partial charge in [-0.1, -0.05) is 17.4 Å². The molecule has 0 aliphatic carbocycles. The maximum atomic E-state index is 14.3. The molecule has 0 saturated carbocycles. The summed E-state index contributed by atoms with van der Waals surface area (Å²) in [6.45, 7) is 4.48. The molecule has 8 nitrogen and oxygen atoms in total. The summed E-state index contributed by atoms with van der Waals surface area (Å²) in [5.41, 5.74) is 0.985. The summed E-state index contributed by atoms with van der Waals surface area (Å²) in [7, 11) is 4.62. The average Bonchev–Trinajstić information content (AvgIpc) is 3.35. The first-order valence-electron chi connectivity index (χ1n) is 11.7. The van der Waals surface area contributed by atoms with Gasteiger partial charge in [-0.25, -0.2) is 9.37 Å². The van der Waals surface area contributed by atoms with Crippen molar-refractivity contribution in [3.63, 3.8) is 0 Å². The van der Waals surface area contributed by atoms with Gasteiger partial charge in [0.05, 0.1) is 39.2 Å². The van der Waals surface area contributed by atoms with E-state index in [-0.39, 0.29) is 23.8 Å². The SMILES string of the molecule is COc1cc(/C=C/C(=O)N(CCCN2CCOCC2)c2nc3c(F)cccc3s2)cc(OC)c1OC.Cl. The molecule has 0 radical (unpaired) electrons. The molecule has 37 heavy (non-hydrogen) atoms. The predicted octanol–water partition coefficient (Wildman–Crippen LogP) is 4.65. The molecule has 0 spiro atoms. The summed E-state index contributed by atoms with van der Waals surface area (Å²) in [5, 5.41) is 0.469. The lowest BCUT2D eigenvalue weighted by Crippen LogP contribution is -2.39. The molecule has 0 atom stereocenters. The van der Waals surface area contributed by atoms with E-state index < -0.39 is 5.82 Å². The van der Waals surface area contributed by atoms with E-state index in [0.717, 1.165) is 39.3 Å². The van der Waals surface area contributed by atoms with Crippen LogP contribution in [0.2, 0.25) is 0 Å². The number of benzene rings is 2. The summed E-state index contributed by atoms with van der Waals surface area (Å²) < 4.78 is 36.6. The molecule has 0 N–H and O–H groups in total. The molecule has 1 aliphatic rings. The lowest BCUT2D eigenvalue weighted by Gasteiger charge is -2.27. The number of hydrogen-bond donors (Lipinski definition) is 0. The molecule has 0 unspecified atom stereocenters. The zero-order valence-electron chi connectivity index (χ0n) is 21.1. The minimum atomic E-state index is -0.399. The molecule has 0 bridgehead atoms. The fourth-order valence-corrected chi connectivity index (χ4v) is 5.06. The second-order valence-corrected chi connectivity index (χ2v) is 9.18. The van der Waals surface area contributed by atoms with Gasteiger partial charge < -0.3 is 18.9 Å². The van der Waals surface area contributed by atoms with Gasteiger partial charge in [-0.05, 0) is 42.3 Å². The Balaban J connectivity index is 0.00000380. The lowest BCUT2D eigenvalue weighted by molar-refractivity contribution is -0.114. The number of anilines is 1. The third-order valence-corrected chi connectivity index (χ3v) is 6.96. The number of rotatable bonds is 10. The smallest absolute Gasteiger partial charge is 0.252 e. The van der Waals surface area contributed by atoms with Crippen LogP contribution in [0.15, 0.2) is 36.4 Å². The number of fused-ring (bicyclic) bond motifs is 1. The van der Waals surface area contributed by atoms with Crippen LogP contribution >= 0.6 is 23.7 Å². The number of hydrogen-bond acceptors (Lipinski definition) is 8. The predicted molar refractivity (Wildman–Crippen MR) is 146 cm³/mol. The van der Waals surface area contributed by atoms with Gasteiger partial charge in [-0.3, -0.25) is 14.6 Å². The van der Waals surface area contributed by atoms with Crippen molar-refractivity contribution in [3.8, 4) is 17.2 Å². The molecular weight excluding hydrogens is 521 g/mol. The Morgan fingerprint density at radius 1 is 1.16 bits per heavy atom. The summed E-state index contributed by atoms with van der Waals surface area (Å²) in [6, 6.07) is 8.36. The number of ether oxygens (including phenoxy) is 4. The highest BCUT2D eigenvalue weighted by atomic mass is 35.5. The van der Waals surface area contributed by atoms with Crippen LogP contribution in [0.3, 0.4) is 0 Å². The van der Waals surface area contributed by atoms with Gasteiger partial charge in [0.15, 0.2) is 16.6 Å². The molecule has 1 aromatic heterocycles. The van der Waals surface area contributed by atoms with Crippen LogP contribution in [-0.2, 0) is 9.53 Å². The normalized spacial score (nSPS) is 13.9. The molecule has 1 saturated heterocycles. The monoisotopic (exact) mass is 551 g/mol. The number of methoxy groups -OCH3 is 3. The number of carbonyl (C=O) groups is 1. The van der Waals surface area contributed by atoms with E-state index in [1.165, 1.54) is 30.6 Å². The van der Waals surface area contributed by atoms with Crippen LogP contribution in [0, 0.1) is 5.82 Å². The molecule has 2 heterocycles. The molecule has 1 fully saturated rings. The lowest BCUT2D eigenvalue weighted by atomic mass is 10.1. The van der Waals surface area contributed by atoms with Gasteiger partial charge in [0.25, 0.3) is 5.91 Å². The Bertz CT molecular complexity index is 1210. The van der Waals surface area contributed by atoms with Gasteiger partial charge in [-0.2, -0.15) is 0 Å². The highest BCUT2D eigenvalue weighted by molar-refractivity contribution is 7.22. The first-order chi connectivity index (χ1) is 17.5. The third kappa shape index (κ3) is 6.89. The van der Waals surface area contributed by atoms with Crippen molar-refractivity contribution in [2.45, 2.75) is 6.42 Å². The van der Waals surface area contributed by atoms with Crippen molar-refractivity contribution in [2.75, 3.05) is 65.6 Å². The third-order valence-electron chi connectivity index (χ3n) is 5.92. The quantitative estimate of drug-likeness (QED) is 0.340. The van der Waals surface area contributed by atoms with E-state index in [1.807, 2.05) is 6.07 Å². The second kappa shape index (κ2) is 13.6. The first-order valence-corrected chi connectivity index (χ1v) is 12.5. The summed E-state index contributed by atoms with van der Waals surface area (Å²) >= 11 is 1.30. The van der Waals surface area contributed by atoms with Crippen LogP contribution in [0.4, 0.5) is 9.52 Å². The Morgan fingerprint density at radius 2 is 1.86 bits per heavy atom. The standard InChI is InChI=1S/C26H30FN3O5S.ClH/c1-32-20-16-18(17-21(33-2)25(20)34-3)8-9-23(31)30(11-5-10-29-12-14-35-15-13-29)26-28-24-19(27)6-4-7-22(24)36-26;/h4,6-9,16-17H,5,10-15H2,1-3H3;1H/b9-8+;. The topological polar surface area (TPSA) is 73.4 Å². The minimum absolute atomic E-state index is 0. The van der Waals surface area contributed by atoms with Crippen LogP contribution in [0.1, 0.15) is 12.0 Å². The second-order valence-electron chi connectivity index (χ2n) is 8.17. The Morgan fingerprint density at radius 3 is 2.49 bits per heavy atom. The highest BCUT2D eigenvalue weighted by Crippen LogP contribution is 2.38. The van der Waals surface area contributed by atoms with Crippen molar-refractivity contribution in [1.29, 1.82) is 0 Å². The number of amides is 1. The Labute approximate surface area is 226 Å². The van der Waals surface area contributed by atoms with Crippen LogP contribution in [0.5, 0.6) is 17.2 Å². The molecule has 1 amide bonds. The summed E-state index contributed by atoms with van der Waals surface area (Å²) in [5.74, 6) is 0.819. The first kappa shape index (κ1) is 28.6. The van der Waals surface area contributed by atoms with E-state index in [9.17, 15) is 9.18 Å². The molecule has 11 heteroatoms. The van der Waals surface area contributed by atoms with Gasteiger partial charge in [-0.15, -0.1) is 12.4 Å². The molecular formula is C26H31ClFN3O5S. The van der Waals surface area contributed by atoms with Crippen molar-refractivity contribution in [1.82, 2.24) is 9.88 Å². The Hall–Kier alpha value is -2.92. The van der Waals surface area contributed by atoms with E-state index in [1.54, 1.807) is 43.4 Å². The zero-order chi connectivity index (χ0) is 25.5. The van der Waals surface area contributed by atoms with E-state index in [4.69, 9.17) is 18.9 Å². The fraction of sp³-hybridized carbons (Fsp3) is 0.385. The van der Waals surface area contributed by atoms with Gasteiger partial charge in [0, 0.05) is 32.3 Å². The van der Waals surface area contributed by atoms with Crippen LogP contribution in [-0.4, -0.2) is 76.5 Å². The summed E-state index contributed by atoms with van der Waals surface area (Å²) in [4.78, 5) is 21.8. The molecule has 4 rings (SSSR count). The van der Waals surface area contributed by atoms with Gasteiger partial charge in [0.1, 0.15) is 11.3 Å². The number of halogens is 2.